The summed E-state index contributed by atoms with van der Waals surface area (Å²) in [6, 6.07) is 0. The summed E-state index contributed by atoms with van der Waals surface area (Å²) in [7, 11) is 0. The van der Waals surface area contributed by atoms with Gasteiger partial charge in [-0.05, 0) is 18.3 Å². The van der Waals surface area contributed by atoms with Crippen LogP contribution in [0.2, 0.25) is 0 Å². The molecular weight excluding hydrogens is 216 g/mol. The van der Waals surface area contributed by atoms with Crippen molar-refractivity contribution in [2.45, 2.75) is 59.8 Å². The van der Waals surface area contributed by atoms with E-state index in [1.807, 2.05) is 0 Å². The predicted octanol–water partition coefficient (Wildman–Crippen LogP) is 3.32. The molecular formula is C14H24O3. The Kier molecular flexibility index (Phi) is 4.72. The first-order valence-corrected chi connectivity index (χ1v) is 6.60. The summed E-state index contributed by atoms with van der Waals surface area (Å²) in [4.78, 5) is 22.0. The van der Waals surface area contributed by atoms with E-state index in [0.29, 0.717) is 5.41 Å². The lowest BCUT2D eigenvalue weighted by Crippen LogP contribution is -2.21. The van der Waals surface area contributed by atoms with Crippen molar-refractivity contribution in [3.05, 3.63) is 0 Å². The van der Waals surface area contributed by atoms with Gasteiger partial charge in [-0.2, -0.15) is 0 Å². The fourth-order valence-corrected chi connectivity index (χ4v) is 1.95. The second-order valence-electron chi connectivity index (χ2n) is 6.15. The van der Waals surface area contributed by atoms with Gasteiger partial charge < -0.3 is 4.74 Å². The molecule has 98 valence electrons. The lowest BCUT2D eigenvalue weighted by atomic mass is 9.81. The summed E-state index contributed by atoms with van der Waals surface area (Å²) < 4.78 is 4.53. The topological polar surface area (TPSA) is 43.4 Å². The maximum absolute atomic E-state index is 11.0. The molecule has 2 unspecified atom stereocenters. The van der Waals surface area contributed by atoms with Crippen LogP contribution in [0.3, 0.4) is 0 Å². The monoisotopic (exact) mass is 240 g/mol. The SMILES string of the molecule is CCC(C)(C)C.O=C1OC(=O)C2CCCCC12. The Morgan fingerprint density at radius 1 is 1.06 bits per heavy atom. The van der Waals surface area contributed by atoms with E-state index < -0.39 is 0 Å². The standard InChI is InChI=1S/C8H10O3.C6H14/c9-7-5-3-1-2-4-6(5)8(10)11-7;1-5-6(2,3)4/h5-6H,1-4H2;5H2,1-4H3. The molecule has 3 nitrogen and oxygen atoms in total. The maximum Gasteiger partial charge on any atom is 0.317 e. The molecule has 17 heavy (non-hydrogen) atoms. The number of hydrogen-bond acceptors (Lipinski definition) is 3. The molecule has 0 spiro atoms. The van der Waals surface area contributed by atoms with Gasteiger partial charge in [0, 0.05) is 0 Å². The second-order valence-corrected chi connectivity index (χ2v) is 6.15. The fraction of sp³-hybridized carbons (Fsp3) is 0.857. The minimum atomic E-state index is -0.292. The van der Waals surface area contributed by atoms with Gasteiger partial charge in [0.15, 0.2) is 0 Å². The van der Waals surface area contributed by atoms with Crippen LogP contribution in [0, 0.1) is 17.3 Å². The molecule has 0 aromatic rings. The molecule has 2 rings (SSSR count). The number of ether oxygens (including phenoxy) is 1. The van der Waals surface area contributed by atoms with Crippen LogP contribution < -0.4 is 0 Å². The molecule has 0 N–H and O–H groups in total. The molecule has 2 fully saturated rings. The van der Waals surface area contributed by atoms with Gasteiger partial charge in [-0.1, -0.05) is 47.0 Å². The van der Waals surface area contributed by atoms with Gasteiger partial charge in [0.05, 0.1) is 11.8 Å². The van der Waals surface area contributed by atoms with E-state index in [1.165, 1.54) is 6.42 Å². The van der Waals surface area contributed by atoms with E-state index in [0.717, 1.165) is 25.7 Å². The Labute approximate surface area is 104 Å². The smallest absolute Gasteiger partial charge is 0.317 e. The molecule has 2 atom stereocenters. The third-order valence-corrected chi connectivity index (χ3v) is 3.63. The first-order valence-electron chi connectivity index (χ1n) is 6.60. The number of hydrogen-bond donors (Lipinski definition) is 0. The minimum Gasteiger partial charge on any atom is -0.393 e. The Hall–Kier alpha value is -0.860. The summed E-state index contributed by atoms with van der Waals surface area (Å²) in [5.41, 5.74) is 0.542. The van der Waals surface area contributed by atoms with E-state index in [-0.39, 0.29) is 23.8 Å². The predicted molar refractivity (Wildman–Crippen MR) is 66.3 cm³/mol. The van der Waals surface area contributed by atoms with Crippen LogP contribution in [0.5, 0.6) is 0 Å². The minimum absolute atomic E-state index is 0.101. The number of fused-ring (bicyclic) bond motifs is 1. The van der Waals surface area contributed by atoms with Crippen molar-refractivity contribution in [1.82, 2.24) is 0 Å². The van der Waals surface area contributed by atoms with E-state index in [1.54, 1.807) is 0 Å². The molecule has 1 aliphatic heterocycles. The second kappa shape index (κ2) is 5.65. The summed E-state index contributed by atoms with van der Waals surface area (Å²) in [6.45, 7) is 8.94. The Morgan fingerprint density at radius 3 is 1.71 bits per heavy atom. The fourth-order valence-electron chi connectivity index (χ4n) is 1.95. The first kappa shape index (κ1) is 14.2. The van der Waals surface area contributed by atoms with Crippen LogP contribution >= 0.6 is 0 Å². The van der Waals surface area contributed by atoms with Crippen LogP contribution in [0.4, 0.5) is 0 Å². The number of cyclic esters (lactones) is 2. The van der Waals surface area contributed by atoms with E-state index in [9.17, 15) is 9.59 Å². The van der Waals surface area contributed by atoms with Gasteiger partial charge in [-0.25, -0.2) is 0 Å². The van der Waals surface area contributed by atoms with Crippen molar-refractivity contribution in [2.24, 2.45) is 17.3 Å². The van der Waals surface area contributed by atoms with Crippen molar-refractivity contribution in [3.63, 3.8) is 0 Å². The normalized spacial score (nSPS) is 28.0. The van der Waals surface area contributed by atoms with Crippen molar-refractivity contribution in [3.8, 4) is 0 Å². The van der Waals surface area contributed by atoms with Crippen LogP contribution in [0.15, 0.2) is 0 Å². The molecule has 0 aromatic carbocycles. The van der Waals surface area contributed by atoms with Crippen LogP contribution in [-0.4, -0.2) is 11.9 Å². The van der Waals surface area contributed by atoms with Crippen molar-refractivity contribution in [1.29, 1.82) is 0 Å². The van der Waals surface area contributed by atoms with E-state index >= 15 is 0 Å². The van der Waals surface area contributed by atoms with E-state index in [2.05, 4.69) is 32.4 Å². The lowest BCUT2D eigenvalue weighted by molar-refractivity contribution is -0.153. The molecule has 3 heteroatoms. The summed E-state index contributed by atoms with van der Waals surface area (Å²) in [5, 5.41) is 0. The highest BCUT2D eigenvalue weighted by molar-refractivity contribution is 5.96. The maximum atomic E-state index is 11.0. The van der Waals surface area contributed by atoms with Gasteiger partial charge in [0.2, 0.25) is 0 Å². The summed E-state index contributed by atoms with van der Waals surface area (Å²) in [6.07, 6.45) is 5.07. The number of carbonyl (C=O) groups excluding carboxylic acids is 2. The molecule has 0 amide bonds. The number of carbonyl (C=O) groups is 2. The van der Waals surface area contributed by atoms with Gasteiger partial charge in [0.25, 0.3) is 0 Å². The third-order valence-electron chi connectivity index (χ3n) is 3.63. The molecule has 0 radical (unpaired) electrons. The summed E-state index contributed by atoms with van der Waals surface area (Å²) in [5.74, 6) is -0.785. The largest absolute Gasteiger partial charge is 0.393 e. The molecule has 1 saturated carbocycles. The van der Waals surface area contributed by atoms with Gasteiger partial charge >= 0.3 is 11.9 Å². The van der Waals surface area contributed by atoms with Crippen molar-refractivity contribution in [2.75, 3.05) is 0 Å². The molecule has 1 heterocycles. The van der Waals surface area contributed by atoms with E-state index in [4.69, 9.17) is 0 Å². The van der Waals surface area contributed by atoms with Crippen LogP contribution in [-0.2, 0) is 14.3 Å². The molecule has 0 bridgehead atoms. The highest BCUT2D eigenvalue weighted by Crippen LogP contribution is 2.36. The average molecular weight is 240 g/mol. The van der Waals surface area contributed by atoms with Crippen molar-refractivity contribution >= 4 is 11.9 Å². The Balaban J connectivity index is 0.000000209. The molecule has 1 aliphatic carbocycles. The first-order chi connectivity index (χ1) is 7.85. The molecule has 1 saturated heterocycles. The number of rotatable bonds is 0. The van der Waals surface area contributed by atoms with Crippen molar-refractivity contribution < 1.29 is 14.3 Å². The molecule has 0 aromatic heterocycles. The van der Waals surface area contributed by atoms with Gasteiger partial charge in [0.1, 0.15) is 0 Å². The molecule has 2 aliphatic rings. The Morgan fingerprint density at radius 2 is 1.41 bits per heavy atom. The highest BCUT2D eigenvalue weighted by atomic mass is 16.6. The summed E-state index contributed by atoms with van der Waals surface area (Å²) >= 11 is 0. The number of esters is 2. The Bertz CT molecular complexity index is 266. The quantitative estimate of drug-likeness (QED) is 0.482. The lowest BCUT2D eigenvalue weighted by Gasteiger charge is -2.18. The van der Waals surface area contributed by atoms with Crippen LogP contribution in [0.25, 0.3) is 0 Å². The zero-order valence-corrected chi connectivity index (χ0v) is 11.4. The third kappa shape index (κ3) is 4.14. The zero-order chi connectivity index (χ0) is 13.1. The van der Waals surface area contributed by atoms with Gasteiger partial charge in [-0.15, -0.1) is 0 Å². The highest BCUT2D eigenvalue weighted by Gasteiger charge is 2.44. The average Bonchev–Trinajstić information content (AvgIpc) is 2.56. The van der Waals surface area contributed by atoms with Gasteiger partial charge in [-0.3, -0.25) is 9.59 Å². The van der Waals surface area contributed by atoms with Crippen LogP contribution in [0.1, 0.15) is 59.8 Å². The zero-order valence-electron chi connectivity index (χ0n) is 11.4.